The van der Waals surface area contributed by atoms with Gasteiger partial charge in [0, 0.05) is 48.5 Å². The third-order valence-electron chi connectivity index (χ3n) is 6.34. The number of ether oxygens (including phenoxy) is 1. The summed E-state index contributed by atoms with van der Waals surface area (Å²) in [4.78, 5) is 37.4. The van der Waals surface area contributed by atoms with Crippen molar-refractivity contribution < 1.29 is 18.7 Å². The molecule has 4 rings (SSSR count). The second-order valence-electron chi connectivity index (χ2n) is 9.69. The summed E-state index contributed by atoms with van der Waals surface area (Å²) in [7, 11) is 1.69. The molecule has 0 spiro atoms. The Labute approximate surface area is 203 Å². The molecular weight excluding hydrogens is 461 g/mol. The maximum absolute atomic E-state index is 15.1. The van der Waals surface area contributed by atoms with E-state index in [-0.39, 0.29) is 46.7 Å². The molecule has 1 fully saturated rings. The standard InChI is InChI=1S/C24H29ClFN5O3/c1-24(2,3)30(4)20(32)13-31-12-17-16(22(31)33)9-14(10-19(17)26)21-18(25)11-27-23(29-21)28-15-5-7-34-8-6-15/h9-11,15H,5-8,12-13H2,1-4H3,(H,27,28,29). The molecule has 1 N–H and O–H groups in total. The van der Waals surface area contributed by atoms with Crippen molar-refractivity contribution in [1.29, 1.82) is 0 Å². The van der Waals surface area contributed by atoms with E-state index in [0.29, 0.717) is 30.4 Å². The van der Waals surface area contributed by atoms with Crippen LogP contribution in [0.4, 0.5) is 10.3 Å². The highest BCUT2D eigenvalue weighted by Gasteiger charge is 2.34. The molecule has 0 saturated carbocycles. The van der Waals surface area contributed by atoms with Crippen LogP contribution in [0.2, 0.25) is 5.02 Å². The van der Waals surface area contributed by atoms with Crippen LogP contribution in [-0.2, 0) is 16.1 Å². The lowest BCUT2D eigenvalue weighted by Gasteiger charge is -2.33. The summed E-state index contributed by atoms with van der Waals surface area (Å²) in [5.41, 5.74) is 0.820. The first kappa shape index (κ1) is 24.3. The molecule has 1 saturated heterocycles. The molecule has 182 valence electrons. The first-order valence-electron chi connectivity index (χ1n) is 11.3. The lowest BCUT2D eigenvalue weighted by Crippen LogP contribution is -2.47. The number of rotatable bonds is 5. The van der Waals surface area contributed by atoms with E-state index in [1.165, 1.54) is 17.2 Å². The van der Waals surface area contributed by atoms with Gasteiger partial charge in [-0.1, -0.05) is 11.6 Å². The monoisotopic (exact) mass is 489 g/mol. The Bertz CT molecular complexity index is 1110. The molecule has 2 aliphatic heterocycles. The molecule has 0 atom stereocenters. The number of aromatic nitrogens is 2. The number of anilines is 1. The number of hydrogen-bond acceptors (Lipinski definition) is 6. The quantitative estimate of drug-likeness (QED) is 0.688. The summed E-state index contributed by atoms with van der Waals surface area (Å²) >= 11 is 6.35. The van der Waals surface area contributed by atoms with Gasteiger partial charge in [0.15, 0.2) is 0 Å². The van der Waals surface area contributed by atoms with Gasteiger partial charge < -0.3 is 19.9 Å². The second kappa shape index (κ2) is 9.46. The third kappa shape index (κ3) is 5.00. The zero-order valence-electron chi connectivity index (χ0n) is 19.8. The fraction of sp³-hybridized carbons (Fsp3) is 0.500. The zero-order chi connectivity index (χ0) is 24.6. The second-order valence-corrected chi connectivity index (χ2v) is 10.1. The maximum atomic E-state index is 15.1. The van der Waals surface area contributed by atoms with E-state index in [2.05, 4.69) is 15.3 Å². The van der Waals surface area contributed by atoms with E-state index in [1.54, 1.807) is 18.0 Å². The van der Waals surface area contributed by atoms with Crippen LogP contribution in [0.3, 0.4) is 0 Å². The number of hydrogen-bond donors (Lipinski definition) is 1. The molecule has 1 aromatic heterocycles. The molecule has 1 aromatic carbocycles. The lowest BCUT2D eigenvalue weighted by molar-refractivity contribution is -0.134. The highest BCUT2D eigenvalue weighted by atomic mass is 35.5. The van der Waals surface area contributed by atoms with Crippen molar-refractivity contribution in [2.24, 2.45) is 0 Å². The molecule has 0 bridgehead atoms. The average Bonchev–Trinajstić information content (AvgIpc) is 3.10. The highest BCUT2D eigenvalue weighted by Crippen LogP contribution is 2.33. The molecule has 0 unspecified atom stereocenters. The van der Waals surface area contributed by atoms with E-state index in [4.69, 9.17) is 16.3 Å². The van der Waals surface area contributed by atoms with Crippen LogP contribution >= 0.6 is 11.6 Å². The Morgan fingerprint density at radius 2 is 2.03 bits per heavy atom. The largest absolute Gasteiger partial charge is 0.381 e. The summed E-state index contributed by atoms with van der Waals surface area (Å²) in [6.07, 6.45) is 3.14. The highest BCUT2D eigenvalue weighted by molar-refractivity contribution is 6.33. The Balaban J connectivity index is 1.57. The zero-order valence-corrected chi connectivity index (χ0v) is 20.6. The summed E-state index contributed by atoms with van der Waals surface area (Å²) in [6.45, 7) is 6.99. The van der Waals surface area contributed by atoms with E-state index in [9.17, 15) is 9.59 Å². The Morgan fingerprint density at radius 1 is 1.32 bits per heavy atom. The minimum absolute atomic E-state index is 0.0397. The van der Waals surface area contributed by atoms with Crippen LogP contribution in [0.5, 0.6) is 0 Å². The van der Waals surface area contributed by atoms with E-state index < -0.39 is 11.7 Å². The van der Waals surface area contributed by atoms with Gasteiger partial charge >= 0.3 is 0 Å². The molecule has 2 amide bonds. The van der Waals surface area contributed by atoms with Gasteiger partial charge in [0.25, 0.3) is 5.91 Å². The fourth-order valence-electron chi connectivity index (χ4n) is 3.99. The van der Waals surface area contributed by atoms with Crippen LogP contribution < -0.4 is 5.32 Å². The maximum Gasteiger partial charge on any atom is 0.255 e. The molecule has 0 radical (unpaired) electrons. The van der Waals surface area contributed by atoms with Crippen molar-refractivity contribution in [3.8, 4) is 11.3 Å². The number of carbonyl (C=O) groups excluding carboxylic acids is 2. The van der Waals surface area contributed by atoms with Gasteiger partial charge in [0.2, 0.25) is 11.9 Å². The van der Waals surface area contributed by atoms with Crippen LogP contribution in [0.25, 0.3) is 11.3 Å². The topological polar surface area (TPSA) is 87.7 Å². The van der Waals surface area contributed by atoms with Gasteiger partial charge in [-0.05, 0) is 45.7 Å². The number of benzene rings is 1. The molecule has 3 heterocycles. The Hall–Kier alpha value is -2.78. The van der Waals surface area contributed by atoms with Gasteiger partial charge in [0.1, 0.15) is 12.4 Å². The van der Waals surface area contributed by atoms with Crippen molar-refractivity contribution in [3.63, 3.8) is 0 Å². The van der Waals surface area contributed by atoms with Crippen molar-refractivity contribution in [1.82, 2.24) is 19.8 Å². The minimum atomic E-state index is -0.534. The number of amides is 2. The van der Waals surface area contributed by atoms with Crippen molar-refractivity contribution in [2.75, 3.05) is 32.1 Å². The van der Waals surface area contributed by atoms with Crippen LogP contribution in [0, 0.1) is 5.82 Å². The molecule has 2 aliphatic rings. The predicted molar refractivity (Wildman–Crippen MR) is 127 cm³/mol. The number of nitrogens with zero attached hydrogens (tertiary/aromatic N) is 4. The van der Waals surface area contributed by atoms with Gasteiger partial charge in [-0.25, -0.2) is 14.4 Å². The van der Waals surface area contributed by atoms with Crippen LogP contribution in [-0.4, -0.2) is 70.0 Å². The van der Waals surface area contributed by atoms with Crippen molar-refractivity contribution >= 4 is 29.4 Å². The number of halogens is 2. The summed E-state index contributed by atoms with van der Waals surface area (Å²) in [5, 5.41) is 3.52. The average molecular weight is 490 g/mol. The summed E-state index contributed by atoms with van der Waals surface area (Å²) in [5.74, 6) is -0.751. The van der Waals surface area contributed by atoms with Crippen molar-refractivity contribution in [2.45, 2.75) is 51.7 Å². The van der Waals surface area contributed by atoms with E-state index in [0.717, 1.165) is 12.8 Å². The SMILES string of the molecule is CN(C(=O)CN1Cc2c(F)cc(-c3nc(NC4CCOCC4)ncc3Cl)cc2C1=O)C(C)(C)C. The summed E-state index contributed by atoms with van der Waals surface area (Å²) < 4.78 is 20.5. The first-order chi connectivity index (χ1) is 16.0. The first-order valence-corrected chi connectivity index (χ1v) is 11.7. The molecule has 8 nitrogen and oxygen atoms in total. The van der Waals surface area contributed by atoms with Gasteiger partial charge in [-0.2, -0.15) is 0 Å². The predicted octanol–water partition coefficient (Wildman–Crippen LogP) is 3.74. The van der Waals surface area contributed by atoms with Crippen LogP contribution in [0.15, 0.2) is 18.3 Å². The number of carbonyl (C=O) groups is 2. The number of likely N-dealkylation sites (N-methyl/N-ethyl adjacent to an activating group) is 1. The van der Waals surface area contributed by atoms with Gasteiger partial charge in [0.05, 0.1) is 23.5 Å². The smallest absolute Gasteiger partial charge is 0.255 e. The van der Waals surface area contributed by atoms with E-state index >= 15 is 4.39 Å². The lowest BCUT2D eigenvalue weighted by atomic mass is 10.0. The molecule has 10 heteroatoms. The Kier molecular flexibility index (Phi) is 6.78. The molecule has 34 heavy (non-hydrogen) atoms. The van der Waals surface area contributed by atoms with Gasteiger partial charge in [-0.3, -0.25) is 9.59 Å². The molecule has 0 aliphatic carbocycles. The molecule has 2 aromatic rings. The van der Waals surface area contributed by atoms with E-state index in [1.807, 2.05) is 20.8 Å². The van der Waals surface area contributed by atoms with Crippen molar-refractivity contribution in [3.05, 3.63) is 40.3 Å². The third-order valence-corrected chi connectivity index (χ3v) is 6.62. The number of fused-ring (bicyclic) bond motifs is 1. The van der Waals surface area contributed by atoms with Gasteiger partial charge in [-0.15, -0.1) is 0 Å². The normalized spacial score (nSPS) is 16.5. The Morgan fingerprint density at radius 3 is 2.71 bits per heavy atom. The fourth-order valence-corrected chi connectivity index (χ4v) is 4.19. The minimum Gasteiger partial charge on any atom is -0.381 e. The van der Waals surface area contributed by atoms with Crippen LogP contribution in [0.1, 0.15) is 49.5 Å². The summed E-state index contributed by atoms with van der Waals surface area (Å²) in [6, 6.07) is 3.09. The number of nitrogens with one attached hydrogen (secondary N) is 1. The molecular formula is C24H29ClFN5O3.